The first-order chi connectivity index (χ1) is 15.6. The lowest BCUT2D eigenvalue weighted by atomic mass is 10.1. The molecule has 2 fully saturated rings. The van der Waals surface area contributed by atoms with Crippen molar-refractivity contribution in [2.24, 2.45) is 0 Å². The van der Waals surface area contributed by atoms with Crippen molar-refractivity contribution < 1.29 is 9.90 Å². The number of aromatic hydroxyl groups is 1. The van der Waals surface area contributed by atoms with E-state index in [1.165, 1.54) is 11.1 Å². The average molecular weight is 438 g/mol. The maximum atomic E-state index is 12.8. The van der Waals surface area contributed by atoms with Gasteiger partial charge in [-0.05, 0) is 29.8 Å². The van der Waals surface area contributed by atoms with Gasteiger partial charge < -0.3 is 25.1 Å². The van der Waals surface area contributed by atoms with Crippen LogP contribution in [0.15, 0.2) is 48.5 Å². The molecule has 0 aliphatic carbocycles. The molecule has 7 nitrogen and oxygen atoms in total. The molecule has 2 aromatic carbocycles. The minimum atomic E-state index is -0.00748. The Morgan fingerprint density at radius 1 is 0.875 bits per heavy atom. The summed E-state index contributed by atoms with van der Waals surface area (Å²) in [6.07, 6.45) is 0. The number of hydrogen-bond acceptors (Lipinski definition) is 5. The van der Waals surface area contributed by atoms with E-state index in [1.54, 1.807) is 12.1 Å². The summed E-state index contributed by atoms with van der Waals surface area (Å²) in [5.41, 5.74) is 3.49. The summed E-state index contributed by atoms with van der Waals surface area (Å²) in [6.45, 7) is 12.1. The lowest BCUT2D eigenvalue weighted by Gasteiger charge is -2.36. The predicted molar refractivity (Wildman–Crippen MR) is 128 cm³/mol. The quantitative estimate of drug-likeness (QED) is 0.727. The van der Waals surface area contributed by atoms with Gasteiger partial charge in [0.2, 0.25) is 0 Å². The van der Waals surface area contributed by atoms with E-state index >= 15 is 0 Å². The summed E-state index contributed by atoms with van der Waals surface area (Å²) in [6, 6.07) is 15.7. The van der Waals surface area contributed by atoms with Gasteiger partial charge in [0.25, 0.3) is 0 Å². The summed E-state index contributed by atoms with van der Waals surface area (Å²) in [5, 5.41) is 12.8. The van der Waals surface area contributed by atoms with E-state index in [0.717, 1.165) is 58.0 Å². The SMILES string of the molecule is CCN1CCN(Cc2ccccc2CNC(=O)N2CCN(c3cccc(O)c3)CC2)CC1. The van der Waals surface area contributed by atoms with E-state index in [2.05, 4.69) is 45.1 Å². The fourth-order valence-electron chi connectivity index (χ4n) is 4.53. The van der Waals surface area contributed by atoms with Crippen LogP contribution in [-0.4, -0.2) is 84.7 Å². The van der Waals surface area contributed by atoms with Gasteiger partial charge >= 0.3 is 6.03 Å². The molecule has 2 N–H and O–H groups in total. The Bertz CT molecular complexity index is 889. The Balaban J connectivity index is 1.26. The monoisotopic (exact) mass is 437 g/mol. The van der Waals surface area contributed by atoms with Gasteiger partial charge in [0.05, 0.1) is 0 Å². The maximum Gasteiger partial charge on any atom is 0.317 e. The second kappa shape index (κ2) is 10.7. The van der Waals surface area contributed by atoms with Crippen molar-refractivity contribution in [3.8, 4) is 5.75 Å². The van der Waals surface area contributed by atoms with Crippen LogP contribution in [0.5, 0.6) is 5.75 Å². The van der Waals surface area contributed by atoms with Crippen LogP contribution >= 0.6 is 0 Å². The number of piperazine rings is 2. The molecule has 0 spiro atoms. The van der Waals surface area contributed by atoms with E-state index in [-0.39, 0.29) is 11.8 Å². The van der Waals surface area contributed by atoms with Crippen LogP contribution in [0, 0.1) is 0 Å². The first kappa shape index (κ1) is 22.4. The first-order valence-corrected chi connectivity index (χ1v) is 11.7. The topological polar surface area (TPSA) is 62.3 Å². The third-order valence-corrected chi connectivity index (χ3v) is 6.62. The normalized spacial score (nSPS) is 18.0. The Morgan fingerprint density at radius 3 is 2.25 bits per heavy atom. The summed E-state index contributed by atoms with van der Waals surface area (Å²) in [4.78, 5) is 21.9. The van der Waals surface area contributed by atoms with Gasteiger partial charge in [-0.25, -0.2) is 4.79 Å². The number of carbonyl (C=O) groups is 1. The van der Waals surface area contributed by atoms with Crippen LogP contribution in [0.25, 0.3) is 0 Å². The molecular formula is C25H35N5O2. The average Bonchev–Trinajstić information content (AvgIpc) is 2.84. The van der Waals surface area contributed by atoms with Crippen molar-refractivity contribution in [3.63, 3.8) is 0 Å². The predicted octanol–water partition coefficient (Wildman–Crippen LogP) is 2.56. The Labute approximate surface area is 191 Å². The van der Waals surface area contributed by atoms with E-state index in [1.807, 2.05) is 23.1 Å². The number of nitrogens with one attached hydrogen (secondary N) is 1. The minimum absolute atomic E-state index is 0.00748. The van der Waals surface area contributed by atoms with Gasteiger partial charge in [0.1, 0.15) is 5.75 Å². The molecule has 0 radical (unpaired) electrons. The zero-order chi connectivity index (χ0) is 22.3. The molecule has 32 heavy (non-hydrogen) atoms. The smallest absolute Gasteiger partial charge is 0.317 e. The molecule has 0 unspecified atom stereocenters. The molecule has 4 rings (SSSR count). The molecule has 2 aromatic rings. The molecular weight excluding hydrogens is 402 g/mol. The number of carbonyl (C=O) groups excluding carboxylic acids is 1. The molecule has 2 saturated heterocycles. The summed E-state index contributed by atoms with van der Waals surface area (Å²) < 4.78 is 0. The molecule has 7 heteroatoms. The lowest BCUT2D eigenvalue weighted by Crippen LogP contribution is -2.51. The molecule has 172 valence electrons. The van der Waals surface area contributed by atoms with E-state index in [4.69, 9.17) is 0 Å². The Kier molecular flexibility index (Phi) is 7.50. The number of anilines is 1. The number of phenols is 1. The number of nitrogens with zero attached hydrogens (tertiary/aromatic N) is 4. The molecule has 0 bridgehead atoms. The highest BCUT2D eigenvalue weighted by Crippen LogP contribution is 2.21. The largest absolute Gasteiger partial charge is 0.508 e. The molecule has 2 amide bonds. The second-order valence-corrected chi connectivity index (χ2v) is 8.63. The van der Waals surface area contributed by atoms with Gasteiger partial charge in [-0.1, -0.05) is 37.3 Å². The zero-order valence-corrected chi connectivity index (χ0v) is 19.0. The number of phenolic OH excluding ortho intramolecular Hbond substituents is 1. The van der Waals surface area contributed by atoms with Crippen molar-refractivity contribution in [1.82, 2.24) is 20.0 Å². The zero-order valence-electron chi connectivity index (χ0n) is 19.0. The molecule has 2 heterocycles. The number of benzene rings is 2. The van der Waals surface area contributed by atoms with E-state index in [9.17, 15) is 9.90 Å². The molecule has 0 saturated carbocycles. The number of urea groups is 1. The minimum Gasteiger partial charge on any atom is -0.508 e. The highest BCUT2D eigenvalue weighted by Gasteiger charge is 2.22. The molecule has 0 aromatic heterocycles. The van der Waals surface area contributed by atoms with E-state index in [0.29, 0.717) is 19.6 Å². The maximum absolute atomic E-state index is 12.8. The van der Waals surface area contributed by atoms with Crippen LogP contribution in [-0.2, 0) is 13.1 Å². The van der Waals surface area contributed by atoms with Crippen LogP contribution in [0.4, 0.5) is 10.5 Å². The van der Waals surface area contributed by atoms with Crippen molar-refractivity contribution in [2.75, 3.05) is 63.8 Å². The number of rotatable bonds is 6. The summed E-state index contributed by atoms with van der Waals surface area (Å²) >= 11 is 0. The van der Waals surface area contributed by atoms with Gasteiger partial charge in [0, 0.05) is 77.2 Å². The standard InChI is InChI=1S/C25H35N5O2/c1-2-27-10-12-28(13-11-27)20-22-7-4-3-6-21(22)19-26-25(32)30-16-14-29(15-17-30)23-8-5-9-24(31)18-23/h3-9,18,31H,2,10-17,19-20H2,1H3,(H,26,32). The van der Waals surface area contributed by atoms with Crippen LogP contribution in [0.1, 0.15) is 18.1 Å². The van der Waals surface area contributed by atoms with Gasteiger partial charge in [-0.3, -0.25) is 4.90 Å². The van der Waals surface area contributed by atoms with Gasteiger partial charge in [0.15, 0.2) is 0 Å². The Hall–Kier alpha value is -2.77. The molecule has 0 atom stereocenters. The Morgan fingerprint density at radius 2 is 1.56 bits per heavy atom. The molecule has 2 aliphatic rings. The van der Waals surface area contributed by atoms with Crippen LogP contribution in [0.3, 0.4) is 0 Å². The number of amides is 2. The third kappa shape index (κ3) is 5.72. The lowest BCUT2D eigenvalue weighted by molar-refractivity contribution is 0.131. The fourth-order valence-corrected chi connectivity index (χ4v) is 4.53. The van der Waals surface area contributed by atoms with Crippen molar-refractivity contribution >= 4 is 11.7 Å². The van der Waals surface area contributed by atoms with Crippen LogP contribution < -0.4 is 10.2 Å². The van der Waals surface area contributed by atoms with Crippen LogP contribution in [0.2, 0.25) is 0 Å². The van der Waals surface area contributed by atoms with Gasteiger partial charge in [-0.15, -0.1) is 0 Å². The van der Waals surface area contributed by atoms with Crippen molar-refractivity contribution in [2.45, 2.75) is 20.0 Å². The highest BCUT2D eigenvalue weighted by atomic mass is 16.3. The van der Waals surface area contributed by atoms with Crippen molar-refractivity contribution in [3.05, 3.63) is 59.7 Å². The fraction of sp³-hybridized carbons (Fsp3) is 0.480. The number of likely N-dealkylation sites (N-methyl/N-ethyl adjacent to an activating group) is 1. The second-order valence-electron chi connectivity index (χ2n) is 8.63. The highest BCUT2D eigenvalue weighted by molar-refractivity contribution is 5.74. The first-order valence-electron chi connectivity index (χ1n) is 11.7. The third-order valence-electron chi connectivity index (χ3n) is 6.62. The number of hydrogen-bond donors (Lipinski definition) is 2. The molecule has 2 aliphatic heterocycles. The summed E-state index contributed by atoms with van der Waals surface area (Å²) in [5.74, 6) is 0.272. The van der Waals surface area contributed by atoms with E-state index < -0.39 is 0 Å². The summed E-state index contributed by atoms with van der Waals surface area (Å²) in [7, 11) is 0. The van der Waals surface area contributed by atoms with Gasteiger partial charge in [-0.2, -0.15) is 0 Å². The van der Waals surface area contributed by atoms with Crippen molar-refractivity contribution in [1.29, 1.82) is 0 Å².